The van der Waals surface area contributed by atoms with Crippen LogP contribution in [0, 0.1) is 0 Å². The van der Waals surface area contributed by atoms with Gasteiger partial charge >= 0.3 is 11.8 Å². The van der Waals surface area contributed by atoms with Crippen molar-refractivity contribution in [2.75, 3.05) is 11.9 Å². The van der Waals surface area contributed by atoms with Crippen molar-refractivity contribution in [3.8, 4) is 11.5 Å². The fourth-order valence-corrected chi connectivity index (χ4v) is 4.09. The molecule has 7 nitrogen and oxygen atoms in total. The summed E-state index contributed by atoms with van der Waals surface area (Å²) in [6.45, 7) is 2.45. The Hall–Kier alpha value is -2.59. The quantitative estimate of drug-likeness (QED) is 0.165. The van der Waals surface area contributed by atoms with Gasteiger partial charge in [0.1, 0.15) is 6.61 Å². The van der Waals surface area contributed by atoms with Gasteiger partial charge in [-0.05, 0) is 76.9 Å². The van der Waals surface area contributed by atoms with Gasteiger partial charge in [0, 0.05) is 25.8 Å². The van der Waals surface area contributed by atoms with Crippen LogP contribution in [0.5, 0.6) is 11.5 Å². The van der Waals surface area contributed by atoms with Crippen LogP contribution >= 0.6 is 55.1 Å². The van der Waals surface area contributed by atoms with Crippen molar-refractivity contribution in [3.63, 3.8) is 0 Å². The molecule has 0 unspecified atom stereocenters. The van der Waals surface area contributed by atoms with Gasteiger partial charge in [0.15, 0.2) is 11.5 Å². The maximum atomic E-state index is 12.0. The molecular formula is C24H19Br2Cl2N3O4. The molecule has 35 heavy (non-hydrogen) atoms. The van der Waals surface area contributed by atoms with Crippen molar-refractivity contribution in [1.82, 2.24) is 5.43 Å². The highest BCUT2D eigenvalue weighted by molar-refractivity contribution is 9.10. The van der Waals surface area contributed by atoms with Gasteiger partial charge < -0.3 is 14.8 Å². The van der Waals surface area contributed by atoms with Crippen LogP contribution in [0.15, 0.2) is 68.6 Å². The summed E-state index contributed by atoms with van der Waals surface area (Å²) in [5, 5.41) is 7.39. The molecule has 3 aromatic carbocycles. The van der Waals surface area contributed by atoms with Crippen LogP contribution < -0.4 is 20.2 Å². The van der Waals surface area contributed by atoms with Gasteiger partial charge in [0.05, 0.1) is 17.3 Å². The molecule has 3 rings (SSSR count). The molecule has 0 radical (unpaired) electrons. The first-order valence-corrected chi connectivity index (χ1v) is 12.5. The Bertz CT molecular complexity index is 1250. The Labute approximate surface area is 229 Å². The van der Waals surface area contributed by atoms with Crippen LogP contribution in [-0.4, -0.2) is 24.6 Å². The second kappa shape index (κ2) is 12.9. The summed E-state index contributed by atoms with van der Waals surface area (Å²) in [6, 6.07) is 15.4. The number of amides is 2. The number of rotatable bonds is 8. The average molecular weight is 644 g/mol. The van der Waals surface area contributed by atoms with E-state index in [1.807, 2.05) is 6.92 Å². The van der Waals surface area contributed by atoms with E-state index in [4.69, 9.17) is 32.7 Å². The van der Waals surface area contributed by atoms with Crippen molar-refractivity contribution in [3.05, 3.63) is 84.7 Å². The van der Waals surface area contributed by atoms with Crippen molar-refractivity contribution in [2.45, 2.75) is 13.5 Å². The monoisotopic (exact) mass is 641 g/mol. The molecule has 2 amide bonds. The second-order valence-electron chi connectivity index (χ2n) is 6.95. The van der Waals surface area contributed by atoms with E-state index in [2.05, 4.69) is 47.7 Å². The summed E-state index contributed by atoms with van der Waals surface area (Å²) >= 11 is 19.0. The molecule has 3 aromatic rings. The normalized spacial score (nSPS) is 10.8. The van der Waals surface area contributed by atoms with Gasteiger partial charge in [0.2, 0.25) is 0 Å². The minimum absolute atomic E-state index is 0.200. The van der Waals surface area contributed by atoms with Crippen LogP contribution in [0.4, 0.5) is 5.69 Å². The topological polar surface area (TPSA) is 89.0 Å². The molecule has 11 heteroatoms. The minimum Gasteiger partial charge on any atom is -0.490 e. The zero-order valence-corrected chi connectivity index (χ0v) is 23.0. The third kappa shape index (κ3) is 7.96. The molecule has 0 aliphatic carbocycles. The standard InChI is InChI=1S/C24H19Br2Cl2N3O4/c1-2-34-21-10-14(9-19(26)22(21)35-13-15-3-6-17(27)11-20(15)28)12-29-31-24(33)23(32)30-18-7-4-16(25)5-8-18/h3-12H,2,13H2,1H3,(H,30,32)(H,31,33)/b29-12+. The fourth-order valence-electron chi connectivity index (χ4n) is 2.79. The number of carbonyl (C=O) groups excluding carboxylic acids is 2. The van der Waals surface area contributed by atoms with E-state index in [0.29, 0.717) is 43.9 Å². The maximum absolute atomic E-state index is 12.0. The predicted molar refractivity (Wildman–Crippen MR) is 145 cm³/mol. The molecule has 0 bridgehead atoms. The highest BCUT2D eigenvalue weighted by Crippen LogP contribution is 2.37. The number of ether oxygens (including phenoxy) is 2. The number of benzene rings is 3. The van der Waals surface area contributed by atoms with E-state index in [1.165, 1.54) is 6.21 Å². The fraction of sp³-hybridized carbons (Fsp3) is 0.125. The molecule has 0 saturated carbocycles. The second-order valence-corrected chi connectivity index (χ2v) is 9.56. The van der Waals surface area contributed by atoms with Gasteiger partial charge in [-0.25, -0.2) is 5.43 Å². The lowest BCUT2D eigenvalue weighted by molar-refractivity contribution is -0.136. The molecule has 182 valence electrons. The Morgan fingerprint density at radius 1 is 1.00 bits per heavy atom. The van der Waals surface area contributed by atoms with E-state index in [9.17, 15) is 9.59 Å². The zero-order chi connectivity index (χ0) is 25.4. The van der Waals surface area contributed by atoms with Gasteiger partial charge in [-0.3, -0.25) is 9.59 Å². The zero-order valence-electron chi connectivity index (χ0n) is 18.3. The van der Waals surface area contributed by atoms with Crippen LogP contribution in [0.2, 0.25) is 10.0 Å². The Morgan fingerprint density at radius 3 is 2.43 bits per heavy atom. The molecule has 0 atom stereocenters. The van der Waals surface area contributed by atoms with Gasteiger partial charge in [-0.15, -0.1) is 0 Å². The summed E-state index contributed by atoms with van der Waals surface area (Å²) in [5.41, 5.74) is 4.05. The molecule has 0 saturated heterocycles. The molecule has 0 fully saturated rings. The van der Waals surface area contributed by atoms with Gasteiger partial charge in [0.25, 0.3) is 0 Å². The van der Waals surface area contributed by atoms with E-state index < -0.39 is 11.8 Å². The minimum atomic E-state index is -0.909. The maximum Gasteiger partial charge on any atom is 0.329 e. The Kier molecular flexibility index (Phi) is 9.97. The predicted octanol–water partition coefficient (Wildman–Crippen LogP) is 6.58. The van der Waals surface area contributed by atoms with Crippen LogP contribution in [0.3, 0.4) is 0 Å². The number of carbonyl (C=O) groups is 2. The number of anilines is 1. The molecule has 2 N–H and O–H groups in total. The number of hydrogen-bond acceptors (Lipinski definition) is 5. The lowest BCUT2D eigenvalue weighted by Gasteiger charge is -2.15. The number of nitrogens with one attached hydrogen (secondary N) is 2. The largest absolute Gasteiger partial charge is 0.490 e. The van der Waals surface area contributed by atoms with Gasteiger partial charge in [-0.1, -0.05) is 45.2 Å². The number of hydrogen-bond donors (Lipinski definition) is 2. The van der Waals surface area contributed by atoms with Crippen molar-refractivity contribution in [1.29, 1.82) is 0 Å². The lowest BCUT2D eigenvalue weighted by atomic mass is 10.2. The molecule has 0 aliphatic rings. The first kappa shape index (κ1) is 27.0. The number of hydrazone groups is 1. The average Bonchev–Trinajstić information content (AvgIpc) is 2.81. The van der Waals surface area contributed by atoms with Crippen molar-refractivity contribution in [2.24, 2.45) is 5.10 Å². The summed E-state index contributed by atoms with van der Waals surface area (Å²) in [4.78, 5) is 24.1. The van der Waals surface area contributed by atoms with Crippen LogP contribution in [-0.2, 0) is 16.2 Å². The van der Waals surface area contributed by atoms with Crippen LogP contribution in [0.25, 0.3) is 0 Å². The van der Waals surface area contributed by atoms with E-state index >= 15 is 0 Å². The SMILES string of the molecule is CCOc1cc(/C=N/NC(=O)C(=O)Nc2ccc(Br)cc2)cc(Br)c1OCc1ccc(Cl)cc1Cl. The van der Waals surface area contributed by atoms with E-state index in [1.54, 1.807) is 54.6 Å². The van der Waals surface area contributed by atoms with Gasteiger partial charge in [-0.2, -0.15) is 5.10 Å². The Morgan fingerprint density at radius 2 is 1.74 bits per heavy atom. The molecule has 0 heterocycles. The third-order valence-electron chi connectivity index (χ3n) is 4.41. The van der Waals surface area contributed by atoms with Crippen molar-refractivity contribution >= 4 is 78.8 Å². The Balaban J connectivity index is 1.66. The first-order valence-electron chi connectivity index (χ1n) is 10.2. The summed E-state index contributed by atoms with van der Waals surface area (Å²) in [7, 11) is 0. The molecular weight excluding hydrogens is 625 g/mol. The molecule has 0 aliphatic heterocycles. The van der Waals surface area contributed by atoms with Crippen LogP contribution in [0.1, 0.15) is 18.1 Å². The smallest absolute Gasteiger partial charge is 0.329 e. The summed E-state index contributed by atoms with van der Waals surface area (Å²) in [6.07, 6.45) is 1.39. The third-order valence-corrected chi connectivity index (χ3v) is 6.11. The number of halogens is 4. The van der Waals surface area contributed by atoms with Crippen molar-refractivity contribution < 1.29 is 19.1 Å². The summed E-state index contributed by atoms with van der Waals surface area (Å²) in [5.74, 6) is -0.807. The molecule has 0 aromatic heterocycles. The number of nitrogens with zero attached hydrogens (tertiary/aromatic N) is 1. The highest BCUT2D eigenvalue weighted by Gasteiger charge is 2.15. The van der Waals surface area contributed by atoms with E-state index in [-0.39, 0.29) is 6.61 Å². The summed E-state index contributed by atoms with van der Waals surface area (Å²) < 4.78 is 13.1. The first-order chi connectivity index (χ1) is 16.8. The highest BCUT2D eigenvalue weighted by atomic mass is 79.9. The lowest BCUT2D eigenvalue weighted by Crippen LogP contribution is -2.32. The van der Waals surface area contributed by atoms with E-state index in [0.717, 1.165) is 10.0 Å². The molecule has 0 spiro atoms.